The predicted octanol–water partition coefficient (Wildman–Crippen LogP) is 0.414. The van der Waals surface area contributed by atoms with Crippen molar-refractivity contribution in [3.05, 3.63) is 23.9 Å². The lowest BCUT2D eigenvalue weighted by Gasteiger charge is -2.14. The second-order valence-corrected chi connectivity index (χ2v) is 4.15. The minimum absolute atomic E-state index is 0.215. The number of rotatable bonds is 6. The van der Waals surface area contributed by atoms with Crippen LogP contribution in [0.3, 0.4) is 0 Å². The Labute approximate surface area is 118 Å². The second-order valence-electron chi connectivity index (χ2n) is 4.15. The minimum Gasteiger partial charge on any atom is -0.481 e. The fourth-order valence-corrected chi connectivity index (χ4v) is 1.49. The van der Waals surface area contributed by atoms with Crippen LogP contribution in [-0.2, 0) is 11.3 Å². The van der Waals surface area contributed by atoms with E-state index in [0.717, 1.165) is 5.56 Å². The summed E-state index contributed by atoms with van der Waals surface area (Å²) in [4.78, 5) is 27.1. The predicted molar refractivity (Wildman–Crippen MR) is 74.3 cm³/mol. The summed E-state index contributed by atoms with van der Waals surface area (Å²) in [6, 6.07) is 2.52. The number of carbonyl (C=O) groups excluding carboxylic acids is 2. The van der Waals surface area contributed by atoms with Crippen LogP contribution >= 0.6 is 0 Å². The van der Waals surface area contributed by atoms with Crippen molar-refractivity contribution in [2.45, 2.75) is 26.4 Å². The zero-order valence-corrected chi connectivity index (χ0v) is 11.9. The first-order chi connectivity index (χ1) is 9.56. The van der Waals surface area contributed by atoms with Gasteiger partial charge in [-0.1, -0.05) is 0 Å². The van der Waals surface area contributed by atoms with Gasteiger partial charge in [0, 0.05) is 25.4 Å². The molecule has 110 valence electrons. The number of likely N-dealkylation sites (N-methyl/N-ethyl adjacent to an activating group) is 1. The Morgan fingerprint density at radius 2 is 2.15 bits per heavy atom. The highest BCUT2D eigenvalue weighted by atomic mass is 16.5. The lowest BCUT2D eigenvalue weighted by atomic mass is 10.2. The zero-order valence-electron chi connectivity index (χ0n) is 11.9. The number of aromatic nitrogens is 1. The van der Waals surface area contributed by atoms with Crippen LogP contribution in [0.2, 0.25) is 0 Å². The molecule has 0 saturated carbocycles. The summed E-state index contributed by atoms with van der Waals surface area (Å²) in [5, 5.41) is 7.85. The number of carbonyl (C=O) groups is 2. The van der Waals surface area contributed by atoms with E-state index in [1.54, 1.807) is 25.3 Å². The normalized spacial score (nSPS) is 11.3. The van der Waals surface area contributed by atoms with E-state index in [9.17, 15) is 9.59 Å². The molecule has 0 spiro atoms. The van der Waals surface area contributed by atoms with Gasteiger partial charge in [-0.2, -0.15) is 0 Å². The molecule has 7 nitrogen and oxygen atoms in total. The molecule has 20 heavy (non-hydrogen) atoms. The Kier molecular flexibility index (Phi) is 6.28. The van der Waals surface area contributed by atoms with Crippen LogP contribution in [0.1, 0.15) is 19.4 Å². The molecule has 0 radical (unpaired) electrons. The van der Waals surface area contributed by atoms with Gasteiger partial charge in [0.05, 0.1) is 7.11 Å². The first-order valence-corrected chi connectivity index (χ1v) is 6.37. The number of nitrogens with zero attached hydrogens (tertiary/aromatic N) is 1. The molecule has 1 atom stereocenters. The lowest BCUT2D eigenvalue weighted by Crippen LogP contribution is -2.48. The molecule has 0 aliphatic rings. The number of ether oxygens (including phenoxy) is 1. The summed E-state index contributed by atoms with van der Waals surface area (Å²) in [6.07, 6.45) is 1.60. The molecule has 1 aromatic rings. The molecule has 1 aromatic heterocycles. The third kappa shape index (κ3) is 5.13. The number of hydrogen-bond donors (Lipinski definition) is 3. The molecule has 0 aliphatic carbocycles. The molecular formula is C13H20N4O3. The van der Waals surface area contributed by atoms with Crippen LogP contribution in [-0.4, -0.2) is 36.6 Å². The molecule has 1 heterocycles. The molecule has 0 aromatic carbocycles. The van der Waals surface area contributed by atoms with Crippen molar-refractivity contribution >= 4 is 11.9 Å². The molecule has 0 fully saturated rings. The summed E-state index contributed by atoms with van der Waals surface area (Å²) < 4.78 is 4.99. The zero-order chi connectivity index (χ0) is 15.0. The topological polar surface area (TPSA) is 92.4 Å². The molecule has 3 N–H and O–H groups in total. The van der Waals surface area contributed by atoms with Crippen molar-refractivity contribution in [2.24, 2.45) is 0 Å². The summed E-state index contributed by atoms with van der Waals surface area (Å²) >= 11 is 0. The van der Waals surface area contributed by atoms with Crippen LogP contribution in [0.4, 0.5) is 4.79 Å². The van der Waals surface area contributed by atoms with Gasteiger partial charge in [-0.3, -0.25) is 4.79 Å². The Morgan fingerprint density at radius 3 is 2.80 bits per heavy atom. The van der Waals surface area contributed by atoms with Crippen LogP contribution in [0, 0.1) is 0 Å². The molecule has 1 rings (SSSR count). The molecule has 0 bridgehead atoms. The summed E-state index contributed by atoms with van der Waals surface area (Å²) in [6.45, 7) is 4.30. The van der Waals surface area contributed by atoms with Gasteiger partial charge >= 0.3 is 6.03 Å². The van der Waals surface area contributed by atoms with E-state index in [1.165, 1.54) is 7.11 Å². The first kappa shape index (κ1) is 15.7. The average molecular weight is 280 g/mol. The first-order valence-electron chi connectivity index (χ1n) is 6.37. The van der Waals surface area contributed by atoms with E-state index in [1.807, 2.05) is 6.92 Å². The summed E-state index contributed by atoms with van der Waals surface area (Å²) in [5.41, 5.74) is 0.859. The van der Waals surface area contributed by atoms with Crippen LogP contribution in [0.15, 0.2) is 18.3 Å². The average Bonchev–Trinajstić information content (AvgIpc) is 2.45. The largest absolute Gasteiger partial charge is 0.481 e. The van der Waals surface area contributed by atoms with E-state index in [-0.39, 0.29) is 5.91 Å². The van der Waals surface area contributed by atoms with Gasteiger partial charge in [0.25, 0.3) is 0 Å². The monoisotopic (exact) mass is 280 g/mol. The van der Waals surface area contributed by atoms with Gasteiger partial charge in [0.2, 0.25) is 11.8 Å². The van der Waals surface area contributed by atoms with E-state index < -0.39 is 12.1 Å². The molecule has 7 heteroatoms. The van der Waals surface area contributed by atoms with E-state index in [4.69, 9.17) is 4.74 Å². The second kappa shape index (κ2) is 7.98. The quantitative estimate of drug-likeness (QED) is 0.704. The fraction of sp³-hybridized carbons (Fsp3) is 0.462. The van der Waals surface area contributed by atoms with Crippen molar-refractivity contribution in [2.75, 3.05) is 13.7 Å². The van der Waals surface area contributed by atoms with Gasteiger partial charge < -0.3 is 20.7 Å². The Bertz CT molecular complexity index is 465. The van der Waals surface area contributed by atoms with Crippen molar-refractivity contribution in [3.8, 4) is 5.88 Å². The third-order valence-electron chi connectivity index (χ3n) is 2.55. The number of urea groups is 1. The van der Waals surface area contributed by atoms with Crippen molar-refractivity contribution < 1.29 is 14.3 Å². The van der Waals surface area contributed by atoms with Crippen LogP contribution in [0.5, 0.6) is 5.88 Å². The maximum absolute atomic E-state index is 11.6. The highest BCUT2D eigenvalue weighted by Gasteiger charge is 2.14. The number of nitrogens with one attached hydrogen (secondary N) is 3. The van der Waals surface area contributed by atoms with Crippen molar-refractivity contribution in [1.29, 1.82) is 0 Å². The smallest absolute Gasteiger partial charge is 0.315 e. The van der Waals surface area contributed by atoms with E-state index in [0.29, 0.717) is 19.0 Å². The Morgan fingerprint density at radius 1 is 1.40 bits per heavy atom. The van der Waals surface area contributed by atoms with Crippen LogP contribution in [0.25, 0.3) is 0 Å². The number of hydrogen-bond acceptors (Lipinski definition) is 4. The minimum atomic E-state index is -0.582. The van der Waals surface area contributed by atoms with Gasteiger partial charge in [-0.25, -0.2) is 9.78 Å². The summed E-state index contributed by atoms with van der Waals surface area (Å²) in [7, 11) is 1.53. The van der Waals surface area contributed by atoms with Crippen molar-refractivity contribution in [3.63, 3.8) is 0 Å². The van der Waals surface area contributed by atoms with E-state index >= 15 is 0 Å². The Hall–Kier alpha value is -2.31. The number of pyridine rings is 1. The molecule has 3 amide bonds. The van der Waals surface area contributed by atoms with Crippen LogP contribution < -0.4 is 20.7 Å². The molecular weight excluding hydrogens is 260 g/mol. The van der Waals surface area contributed by atoms with Gasteiger partial charge in [-0.05, 0) is 25.5 Å². The standard InChI is InChI=1S/C13H20N4O3/c1-4-14-12(18)9(2)17-13(19)16-8-10-5-6-15-11(7-10)20-3/h5-7,9H,4,8H2,1-3H3,(H,14,18)(H2,16,17,19)/t9-/m0/s1. The highest BCUT2D eigenvalue weighted by molar-refractivity contribution is 5.86. The fourth-order valence-electron chi connectivity index (χ4n) is 1.49. The highest BCUT2D eigenvalue weighted by Crippen LogP contribution is 2.07. The Balaban J connectivity index is 2.41. The lowest BCUT2D eigenvalue weighted by molar-refractivity contribution is -0.122. The molecule has 0 unspecified atom stereocenters. The van der Waals surface area contributed by atoms with Gasteiger partial charge in [-0.15, -0.1) is 0 Å². The molecule has 0 saturated heterocycles. The maximum atomic E-state index is 11.6. The third-order valence-corrected chi connectivity index (χ3v) is 2.55. The van der Waals surface area contributed by atoms with Gasteiger partial charge in [0.15, 0.2) is 0 Å². The summed E-state index contributed by atoms with van der Waals surface area (Å²) in [5.74, 6) is 0.272. The van der Waals surface area contributed by atoms with E-state index in [2.05, 4.69) is 20.9 Å². The number of methoxy groups -OCH3 is 1. The number of amides is 3. The maximum Gasteiger partial charge on any atom is 0.315 e. The van der Waals surface area contributed by atoms with Gasteiger partial charge in [0.1, 0.15) is 6.04 Å². The molecule has 0 aliphatic heterocycles. The van der Waals surface area contributed by atoms with Crippen molar-refractivity contribution in [1.82, 2.24) is 20.9 Å². The SMILES string of the molecule is CCNC(=O)[C@H](C)NC(=O)NCc1ccnc(OC)c1.